The van der Waals surface area contributed by atoms with E-state index in [0.717, 1.165) is 11.2 Å². The summed E-state index contributed by atoms with van der Waals surface area (Å²) in [4.78, 5) is 0. The third kappa shape index (κ3) is 3.50. The highest BCUT2D eigenvalue weighted by Gasteiger charge is 2.12. The van der Waals surface area contributed by atoms with E-state index in [1.807, 2.05) is 0 Å². The van der Waals surface area contributed by atoms with Crippen molar-refractivity contribution in [3.05, 3.63) is 0 Å². The van der Waals surface area contributed by atoms with Gasteiger partial charge >= 0.3 is 0 Å². The van der Waals surface area contributed by atoms with Crippen LogP contribution in [0.4, 0.5) is 0 Å². The normalized spacial score (nSPS) is 15.6. The maximum absolute atomic E-state index is 2.40. The molecule has 0 aliphatic rings. The van der Waals surface area contributed by atoms with Gasteiger partial charge in [-0.1, -0.05) is 27.2 Å². The van der Waals surface area contributed by atoms with Crippen LogP contribution in [-0.2, 0) is 0 Å². The van der Waals surface area contributed by atoms with Gasteiger partial charge in [-0.25, -0.2) is 0 Å². The lowest BCUT2D eigenvalue weighted by Gasteiger charge is -2.27. The molecule has 0 aromatic rings. The van der Waals surface area contributed by atoms with Gasteiger partial charge in [-0.3, -0.25) is 10.9 Å². The van der Waals surface area contributed by atoms with Crippen LogP contribution in [0.1, 0.15) is 33.6 Å². The van der Waals surface area contributed by atoms with E-state index in [0.29, 0.717) is 10.9 Å². The van der Waals surface area contributed by atoms with Crippen molar-refractivity contribution in [3.8, 4) is 0 Å². The molecule has 1 unspecified atom stereocenters. The lowest BCUT2D eigenvalue weighted by Crippen LogP contribution is -2.14. The number of hydrogen-bond acceptors (Lipinski definition) is 0. The van der Waals surface area contributed by atoms with Crippen LogP contribution < -0.4 is 0 Å². The lowest BCUT2D eigenvalue weighted by atomic mass is 10.1. The van der Waals surface area contributed by atoms with Crippen molar-refractivity contribution in [1.82, 2.24) is 0 Å². The molecule has 0 heterocycles. The van der Waals surface area contributed by atoms with E-state index in [1.54, 1.807) is 0 Å². The van der Waals surface area contributed by atoms with E-state index in [2.05, 4.69) is 33.3 Å². The van der Waals surface area contributed by atoms with Crippen molar-refractivity contribution in [2.24, 2.45) is 5.92 Å². The molecule has 0 radical (unpaired) electrons. The first kappa shape index (κ1) is 10.3. The predicted octanol–water partition coefficient (Wildman–Crippen LogP) is 3.07. The van der Waals surface area contributed by atoms with Crippen LogP contribution in [0.15, 0.2) is 0 Å². The minimum absolute atomic E-state index is 0.291. The summed E-state index contributed by atoms with van der Waals surface area (Å²) in [7, 11) is 0.291. The van der Waals surface area contributed by atoms with Crippen molar-refractivity contribution in [2.45, 2.75) is 38.9 Å². The van der Waals surface area contributed by atoms with E-state index in [-0.39, 0.29) is 0 Å². The van der Waals surface area contributed by atoms with Gasteiger partial charge < -0.3 is 0 Å². The topological polar surface area (TPSA) is 0 Å². The molecule has 0 aliphatic heterocycles. The average Bonchev–Trinajstić information content (AvgIpc) is 1.81. The molecule has 0 saturated heterocycles. The van der Waals surface area contributed by atoms with Gasteiger partial charge in [0.25, 0.3) is 0 Å². The summed E-state index contributed by atoms with van der Waals surface area (Å²) >= 11 is 0. The molecule has 0 saturated carbocycles. The zero-order valence-electron chi connectivity index (χ0n) is 8.02. The molecule has 10 heavy (non-hydrogen) atoms. The molecule has 0 aliphatic carbocycles. The Balaban J connectivity index is 3.73. The molecule has 0 nitrogen and oxygen atoms in total. The van der Waals surface area contributed by atoms with E-state index in [9.17, 15) is 0 Å². The highest BCUT2D eigenvalue weighted by Crippen LogP contribution is 2.31. The third-order valence-corrected chi connectivity index (χ3v) is 4.20. The molecule has 0 amide bonds. The van der Waals surface area contributed by atoms with Crippen LogP contribution in [-0.4, -0.2) is 17.8 Å². The van der Waals surface area contributed by atoms with Crippen molar-refractivity contribution in [1.29, 1.82) is 0 Å². The van der Waals surface area contributed by atoms with Gasteiger partial charge in [0.1, 0.15) is 0 Å². The number of rotatable bonds is 4. The molecule has 0 aromatic heterocycles. The Morgan fingerprint density at radius 1 is 1.20 bits per heavy atom. The predicted molar refractivity (Wildman–Crippen MR) is 54.4 cm³/mol. The zero-order valence-corrected chi connectivity index (χ0v) is 8.91. The molecule has 1 heteroatoms. The molecular formula is C9H22S. The van der Waals surface area contributed by atoms with Crippen molar-refractivity contribution < 1.29 is 0 Å². The minimum atomic E-state index is 0.291. The van der Waals surface area contributed by atoms with E-state index in [1.165, 1.54) is 12.8 Å². The Kier molecular flexibility index (Phi) is 5.24. The fourth-order valence-electron chi connectivity index (χ4n) is 1.48. The van der Waals surface area contributed by atoms with Gasteiger partial charge in [0.05, 0.1) is 0 Å². The monoisotopic (exact) mass is 162 g/mol. The second-order valence-corrected chi connectivity index (χ2v) is 6.15. The summed E-state index contributed by atoms with van der Waals surface area (Å²) in [5.74, 6) is 0.890. The highest BCUT2D eigenvalue weighted by atomic mass is 32.2. The first-order valence-corrected chi connectivity index (χ1v) is 6.56. The first-order chi connectivity index (χ1) is 4.59. The molecule has 0 rings (SSSR count). The van der Waals surface area contributed by atoms with E-state index >= 15 is 0 Å². The summed E-state index contributed by atoms with van der Waals surface area (Å²) in [5, 5.41) is 1.000. The third-order valence-electron chi connectivity index (χ3n) is 2.02. The van der Waals surface area contributed by atoms with Crippen LogP contribution in [0, 0.1) is 5.92 Å². The van der Waals surface area contributed by atoms with Gasteiger partial charge in [0.15, 0.2) is 0 Å². The van der Waals surface area contributed by atoms with Gasteiger partial charge in [-0.05, 0) is 30.1 Å². The van der Waals surface area contributed by atoms with Crippen LogP contribution >= 0.6 is 10.9 Å². The Morgan fingerprint density at radius 3 is 1.80 bits per heavy atom. The Bertz CT molecular complexity index is 68.8. The molecule has 0 spiro atoms. The van der Waals surface area contributed by atoms with Gasteiger partial charge in [0.2, 0.25) is 0 Å². The van der Waals surface area contributed by atoms with Gasteiger partial charge in [-0.2, -0.15) is 0 Å². The molecule has 0 bridgehead atoms. The summed E-state index contributed by atoms with van der Waals surface area (Å²) in [6.45, 7) is 6.99. The molecule has 64 valence electrons. The molecular weight excluding hydrogens is 140 g/mol. The summed E-state index contributed by atoms with van der Waals surface area (Å²) in [6.07, 6.45) is 7.57. The fraction of sp³-hybridized carbons (Fsp3) is 1.00. The fourth-order valence-corrected chi connectivity index (χ4v) is 3.45. The van der Waals surface area contributed by atoms with Crippen molar-refractivity contribution in [2.75, 3.05) is 12.5 Å². The van der Waals surface area contributed by atoms with Crippen molar-refractivity contribution in [3.63, 3.8) is 0 Å². The maximum Gasteiger partial charge on any atom is -0.0118 e. The standard InChI is InChI=1S/C9H22S/c1-6-7-9(8(2)3)10(4)5/h8-10H,6-7H2,1-5H3. The Labute approximate surface area is 68.7 Å². The summed E-state index contributed by atoms with van der Waals surface area (Å²) in [6, 6.07) is 0. The Morgan fingerprint density at radius 2 is 1.70 bits per heavy atom. The van der Waals surface area contributed by atoms with Gasteiger partial charge in [0, 0.05) is 0 Å². The quantitative estimate of drug-likeness (QED) is 0.603. The largest absolute Gasteiger partial charge is 0.256 e. The molecule has 0 fully saturated rings. The lowest BCUT2D eigenvalue weighted by molar-refractivity contribution is 0.565. The Hall–Kier alpha value is 0.350. The molecule has 1 atom stereocenters. The van der Waals surface area contributed by atoms with Crippen LogP contribution in [0.3, 0.4) is 0 Å². The first-order valence-electron chi connectivity index (χ1n) is 4.26. The molecule has 0 N–H and O–H groups in total. The van der Waals surface area contributed by atoms with Crippen LogP contribution in [0.25, 0.3) is 0 Å². The van der Waals surface area contributed by atoms with E-state index in [4.69, 9.17) is 0 Å². The SMILES string of the molecule is CCCC(C(C)C)[SH](C)C. The number of thiol groups is 1. The number of hydrogen-bond donors (Lipinski definition) is 1. The minimum Gasteiger partial charge on any atom is -0.256 e. The van der Waals surface area contributed by atoms with E-state index < -0.39 is 0 Å². The maximum atomic E-state index is 2.40. The van der Waals surface area contributed by atoms with Crippen LogP contribution in [0.5, 0.6) is 0 Å². The summed E-state index contributed by atoms with van der Waals surface area (Å²) in [5.41, 5.74) is 0. The zero-order chi connectivity index (χ0) is 8.15. The van der Waals surface area contributed by atoms with Crippen LogP contribution in [0.2, 0.25) is 0 Å². The average molecular weight is 162 g/mol. The van der Waals surface area contributed by atoms with Gasteiger partial charge in [-0.15, -0.1) is 0 Å². The molecule has 0 aromatic carbocycles. The second kappa shape index (κ2) is 5.06. The van der Waals surface area contributed by atoms with Crippen molar-refractivity contribution >= 4 is 10.9 Å². The second-order valence-electron chi connectivity index (χ2n) is 3.56. The highest BCUT2D eigenvalue weighted by molar-refractivity contribution is 8.16. The summed E-state index contributed by atoms with van der Waals surface area (Å²) < 4.78 is 0. The smallest absolute Gasteiger partial charge is 0.0118 e.